The van der Waals surface area contributed by atoms with Crippen molar-refractivity contribution in [3.8, 4) is 0 Å². The van der Waals surface area contributed by atoms with Gasteiger partial charge < -0.3 is 20.3 Å². The van der Waals surface area contributed by atoms with Gasteiger partial charge in [0.2, 0.25) is 11.7 Å². The van der Waals surface area contributed by atoms with Crippen LogP contribution in [0, 0.1) is 34.5 Å². The Kier molecular flexibility index (Phi) is 5.98. The maximum Gasteiger partial charge on any atom is 0.303 e. The summed E-state index contributed by atoms with van der Waals surface area (Å²) in [4.78, 5) is 35.7. The van der Waals surface area contributed by atoms with E-state index in [1.165, 1.54) is 6.92 Å². The van der Waals surface area contributed by atoms with E-state index in [2.05, 4.69) is 12.2 Å². The smallest absolute Gasteiger partial charge is 0.303 e. The predicted molar refractivity (Wildman–Crippen MR) is 117 cm³/mol. The van der Waals surface area contributed by atoms with Crippen LogP contribution in [0.3, 0.4) is 0 Å². The highest BCUT2D eigenvalue weighted by Gasteiger charge is 2.68. The Balaban J connectivity index is 1.57. The molecule has 4 saturated carbocycles. The fraction of sp³-hybridized carbons (Fsp3) is 0.880. The zero-order valence-electron chi connectivity index (χ0n) is 19.9. The molecule has 0 saturated heterocycles. The van der Waals surface area contributed by atoms with Crippen LogP contribution in [0.4, 0.5) is 0 Å². The molecule has 32 heavy (non-hydrogen) atoms. The van der Waals surface area contributed by atoms with Gasteiger partial charge in [-0.1, -0.05) is 13.8 Å². The van der Waals surface area contributed by atoms with Crippen molar-refractivity contribution in [2.24, 2.45) is 34.5 Å². The Labute approximate surface area is 190 Å². The number of nitrogens with one attached hydrogen (secondary N) is 1. The molecule has 180 valence electrons. The second-order valence-electron chi connectivity index (χ2n) is 11.5. The molecule has 0 aromatic rings. The number of Topliss-reactive ketones (excluding diaryl/α,β-unsaturated/α-hetero) is 1. The van der Waals surface area contributed by atoms with Crippen LogP contribution in [0.15, 0.2) is 0 Å². The van der Waals surface area contributed by atoms with Gasteiger partial charge in [0.25, 0.3) is 0 Å². The van der Waals surface area contributed by atoms with Gasteiger partial charge >= 0.3 is 5.97 Å². The molecule has 3 unspecified atom stereocenters. The van der Waals surface area contributed by atoms with Crippen LogP contribution in [-0.2, 0) is 19.1 Å². The molecular weight excluding hydrogens is 410 g/mol. The Morgan fingerprint density at radius 3 is 2.44 bits per heavy atom. The second-order valence-corrected chi connectivity index (χ2v) is 11.5. The third kappa shape index (κ3) is 3.51. The summed E-state index contributed by atoms with van der Waals surface area (Å²) in [6.07, 6.45) is 5.79. The highest BCUT2D eigenvalue weighted by atomic mass is 16.5. The Morgan fingerprint density at radius 1 is 1.06 bits per heavy atom. The largest absolute Gasteiger partial charge is 0.458 e. The van der Waals surface area contributed by atoms with Gasteiger partial charge in [-0.2, -0.15) is 0 Å². The first-order valence-corrected chi connectivity index (χ1v) is 12.3. The van der Waals surface area contributed by atoms with Crippen molar-refractivity contribution in [2.75, 3.05) is 6.61 Å². The molecule has 0 heterocycles. The number of ether oxygens (including phenoxy) is 1. The van der Waals surface area contributed by atoms with E-state index < -0.39 is 35.5 Å². The van der Waals surface area contributed by atoms with E-state index in [0.717, 1.165) is 38.5 Å². The maximum atomic E-state index is 13.0. The molecule has 7 nitrogen and oxygen atoms in total. The Hall–Kier alpha value is -1.47. The van der Waals surface area contributed by atoms with E-state index in [0.29, 0.717) is 18.8 Å². The van der Waals surface area contributed by atoms with Crippen LogP contribution >= 0.6 is 0 Å². The summed E-state index contributed by atoms with van der Waals surface area (Å²) in [5.74, 6) is 0.0589. The van der Waals surface area contributed by atoms with Gasteiger partial charge in [-0.05, 0) is 80.5 Å². The summed E-state index contributed by atoms with van der Waals surface area (Å²) in [7, 11) is 0. The maximum absolute atomic E-state index is 13.0. The highest BCUT2D eigenvalue weighted by molar-refractivity contribution is 5.91. The monoisotopic (exact) mass is 449 g/mol. The lowest BCUT2D eigenvalue weighted by molar-refractivity contribution is -0.200. The summed E-state index contributed by atoms with van der Waals surface area (Å²) in [6.45, 7) is 6.68. The van der Waals surface area contributed by atoms with E-state index in [9.17, 15) is 24.6 Å². The second kappa shape index (κ2) is 8.08. The average Bonchev–Trinajstić information content (AvgIpc) is 2.97. The zero-order valence-corrected chi connectivity index (χ0v) is 19.9. The van der Waals surface area contributed by atoms with E-state index in [-0.39, 0.29) is 35.1 Å². The molecule has 0 radical (unpaired) electrons. The molecule has 3 N–H and O–H groups in total. The van der Waals surface area contributed by atoms with Crippen molar-refractivity contribution in [1.82, 2.24) is 5.32 Å². The number of carbonyl (C=O) groups is 3. The number of esters is 1. The minimum absolute atomic E-state index is 0.00108. The molecule has 9 atom stereocenters. The average molecular weight is 450 g/mol. The van der Waals surface area contributed by atoms with Gasteiger partial charge in [-0.3, -0.25) is 14.4 Å². The number of aliphatic hydroxyl groups excluding tert-OH is 1. The molecule has 0 aromatic heterocycles. The van der Waals surface area contributed by atoms with Gasteiger partial charge in [0.1, 0.15) is 5.60 Å². The van der Waals surface area contributed by atoms with E-state index in [4.69, 9.17) is 4.74 Å². The third-order valence-electron chi connectivity index (χ3n) is 10.0. The number of amides is 1. The Morgan fingerprint density at radius 2 is 1.78 bits per heavy atom. The Bertz CT molecular complexity index is 799. The molecular formula is C25H39NO6. The van der Waals surface area contributed by atoms with Crippen molar-refractivity contribution in [1.29, 1.82) is 0 Å². The molecule has 0 aliphatic heterocycles. The highest BCUT2D eigenvalue weighted by Crippen LogP contribution is 2.68. The van der Waals surface area contributed by atoms with Gasteiger partial charge in [-0.25, -0.2) is 0 Å². The van der Waals surface area contributed by atoms with Crippen LogP contribution < -0.4 is 5.32 Å². The molecule has 0 bridgehead atoms. The topological polar surface area (TPSA) is 113 Å². The molecule has 4 fully saturated rings. The molecule has 0 aromatic carbocycles. The SMILES string of the molecule is CC(=O)N[C@H]1CC[C@]2(C)C3C(CC[C@@H]2C1)C1CC[C@](O)(C(=O)COC(C)=O)[C@@]1(C)C[C@@H]3O. The van der Waals surface area contributed by atoms with Gasteiger partial charge in [0.05, 0.1) is 6.10 Å². The van der Waals surface area contributed by atoms with Gasteiger partial charge in [0, 0.05) is 25.3 Å². The summed E-state index contributed by atoms with van der Waals surface area (Å²) < 4.78 is 4.92. The summed E-state index contributed by atoms with van der Waals surface area (Å²) in [5.41, 5.74) is -2.29. The predicted octanol–water partition coefficient (Wildman–Crippen LogP) is 2.37. The van der Waals surface area contributed by atoms with Crippen molar-refractivity contribution >= 4 is 17.7 Å². The number of rotatable bonds is 4. The number of carbonyl (C=O) groups excluding carboxylic acids is 3. The molecule has 4 aliphatic carbocycles. The number of fused-ring (bicyclic) bond motifs is 5. The minimum Gasteiger partial charge on any atom is -0.458 e. The number of aliphatic hydroxyl groups is 2. The van der Waals surface area contributed by atoms with Crippen LogP contribution in [0.5, 0.6) is 0 Å². The molecule has 4 aliphatic rings. The number of ketones is 1. The summed E-state index contributed by atoms with van der Waals surface area (Å²) >= 11 is 0. The van der Waals surface area contributed by atoms with Crippen LogP contribution in [-0.4, -0.2) is 52.2 Å². The fourth-order valence-electron chi connectivity index (χ4n) is 8.55. The zero-order chi connectivity index (χ0) is 23.5. The van der Waals surface area contributed by atoms with Gasteiger partial charge in [-0.15, -0.1) is 0 Å². The van der Waals surface area contributed by atoms with E-state index in [1.54, 1.807) is 6.92 Å². The summed E-state index contributed by atoms with van der Waals surface area (Å²) in [5, 5.41) is 26.1. The minimum atomic E-state index is -1.57. The van der Waals surface area contributed by atoms with Crippen molar-refractivity contribution in [3.63, 3.8) is 0 Å². The summed E-state index contributed by atoms with van der Waals surface area (Å²) in [6, 6.07) is 0.212. The molecule has 0 spiro atoms. The third-order valence-corrected chi connectivity index (χ3v) is 10.0. The standard InChI is InChI=1S/C25H39NO6/c1-14(27)26-17-7-9-23(3)16(11-17)5-6-18-19-8-10-25(31,21(30)13-32-15(2)28)24(19,4)12-20(29)22(18)23/h16-20,22,29,31H,5-13H2,1-4H3,(H,26,27)/t16-,17+,18?,19?,20+,22?,23+,24+,25+/m1/s1. The number of hydrogen-bond donors (Lipinski definition) is 3. The fourth-order valence-corrected chi connectivity index (χ4v) is 8.55. The van der Waals surface area contributed by atoms with Crippen molar-refractivity contribution < 1.29 is 29.3 Å². The molecule has 7 heteroatoms. The normalized spacial score (nSPS) is 47.6. The molecule has 4 rings (SSSR count). The van der Waals surface area contributed by atoms with E-state index in [1.807, 2.05) is 6.92 Å². The molecule has 1 amide bonds. The van der Waals surface area contributed by atoms with E-state index >= 15 is 0 Å². The number of hydrogen-bond acceptors (Lipinski definition) is 6. The van der Waals surface area contributed by atoms with Crippen LogP contribution in [0.2, 0.25) is 0 Å². The first kappa shape index (κ1) is 23.7. The van der Waals surface area contributed by atoms with Crippen LogP contribution in [0.1, 0.15) is 79.1 Å². The van der Waals surface area contributed by atoms with Crippen molar-refractivity contribution in [3.05, 3.63) is 0 Å². The lowest BCUT2D eigenvalue weighted by atomic mass is 9.43. The van der Waals surface area contributed by atoms with Crippen molar-refractivity contribution in [2.45, 2.75) is 96.8 Å². The lowest BCUT2D eigenvalue weighted by Gasteiger charge is -2.63. The lowest BCUT2D eigenvalue weighted by Crippen LogP contribution is -2.63. The first-order chi connectivity index (χ1) is 14.9. The quantitative estimate of drug-likeness (QED) is 0.568. The van der Waals surface area contributed by atoms with Crippen LogP contribution in [0.25, 0.3) is 0 Å². The van der Waals surface area contributed by atoms with Gasteiger partial charge in [0.15, 0.2) is 6.61 Å². The first-order valence-electron chi connectivity index (χ1n) is 12.3.